The summed E-state index contributed by atoms with van der Waals surface area (Å²) in [6, 6.07) is 0. The number of hydrogen-bond donors (Lipinski definition) is 3. The van der Waals surface area contributed by atoms with Crippen LogP contribution in [0.15, 0.2) is 0 Å². The Balaban J connectivity index is 0. The van der Waals surface area contributed by atoms with Crippen molar-refractivity contribution >= 4 is 38.9 Å². The summed E-state index contributed by atoms with van der Waals surface area (Å²) in [5.41, 5.74) is 0. The van der Waals surface area contributed by atoms with E-state index in [-0.39, 0.29) is 24.4 Å². The molecule has 0 aliphatic rings. The predicted octanol–water partition coefficient (Wildman–Crippen LogP) is -2.55. The van der Waals surface area contributed by atoms with Crippen LogP contribution < -0.4 is 0 Å². The molecule has 0 amide bonds. The fraction of sp³-hybridized carbons (Fsp3) is 0. The Bertz CT molecular complexity index is 53.7. The molecule has 0 saturated carbocycles. The zero-order valence-electron chi connectivity index (χ0n) is 2.64. The van der Waals surface area contributed by atoms with Gasteiger partial charge in [0.25, 0.3) is 0 Å². The summed E-state index contributed by atoms with van der Waals surface area (Å²) in [7, 11) is 0. The van der Waals surface area contributed by atoms with Gasteiger partial charge >= 0.3 is 30.5 Å². The second-order valence-corrected chi connectivity index (χ2v) is 2.67. The molecule has 0 unspecified atom stereocenters. The smallest absolute Gasteiger partial charge is 0 e. The SMILES string of the molecule is O=[As](O)(O)O.[Sb]. The Morgan fingerprint density at radius 1 is 1.17 bits per heavy atom. The van der Waals surface area contributed by atoms with Gasteiger partial charge in [0.15, 0.2) is 0 Å². The Labute approximate surface area is 55.0 Å². The third-order valence-corrected chi connectivity index (χ3v) is 0. The normalized spacial score (nSPS) is 9.83. The summed E-state index contributed by atoms with van der Waals surface area (Å²) >= 11 is -5.12. The standard InChI is InChI=1S/AsH3O4.Sb/c2-1(3,4)5;/h(H3,2,3,4,5);. The first-order valence-corrected chi connectivity index (χ1v) is 4.07. The Morgan fingerprint density at radius 2 is 1.17 bits per heavy atom. The van der Waals surface area contributed by atoms with Crippen LogP contribution in [0.4, 0.5) is 0 Å². The average molecular weight is 264 g/mol. The van der Waals surface area contributed by atoms with Gasteiger partial charge in [-0.3, -0.25) is 0 Å². The van der Waals surface area contributed by atoms with Crippen molar-refractivity contribution < 1.29 is 16.0 Å². The quantitative estimate of drug-likeness (QED) is 0.421. The van der Waals surface area contributed by atoms with E-state index in [1.54, 1.807) is 0 Å². The molecule has 6 heteroatoms. The summed E-state index contributed by atoms with van der Waals surface area (Å²) in [5.74, 6) is 0. The van der Waals surface area contributed by atoms with E-state index in [4.69, 9.17) is 16.0 Å². The van der Waals surface area contributed by atoms with Gasteiger partial charge in [-0.05, 0) is 0 Å². The van der Waals surface area contributed by atoms with Crippen molar-refractivity contribution in [2.75, 3.05) is 0 Å². The van der Waals surface area contributed by atoms with Crippen molar-refractivity contribution in [1.82, 2.24) is 0 Å². The second kappa shape index (κ2) is 3.11. The number of hydrogen-bond acceptors (Lipinski definition) is 1. The summed E-state index contributed by atoms with van der Waals surface area (Å²) in [6.45, 7) is 0. The van der Waals surface area contributed by atoms with E-state index in [2.05, 4.69) is 0 Å². The maximum atomic E-state index is 8.94. The molecule has 0 aromatic heterocycles. The molecule has 0 heterocycles. The summed E-state index contributed by atoms with van der Waals surface area (Å²) in [6.07, 6.45) is 0. The Hall–Kier alpha value is 1.06. The van der Waals surface area contributed by atoms with Crippen molar-refractivity contribution in [3.05, 3.63) is 0 Å². The van der Waals surface area contributed by atoms with Crippen molar-refractivity contribution in [2.45, 2.75) is 0 Å². The number of rotatable bonds is 0. The third kappa shape index (κ3) is 74.5. The molecule has 0 bridgehead atoms. The molecule has 0 fully saturated rings. The van der Waals surface area contributed by atoms with Gasteiger partial charge in [0.2, 0.25) is 0 Å². The van der Waals surface area contributed by atoms with E-state index in [1.165, 1.54) is 0 Å². The average Bonchev–Trinajstić information content (AvgIpc) is 0.722. The van der Waals surface area contributed by atoms with Crippen LogP contribution in [0.3, 0.4) is 0 Å². The Morgan fingerprint density at radius 3 is 1.17 bits per heavy atom. The van der Waals surface area contributed by atoms with E-state index in [9.17, 15) is 0 Å². The van der Waals surface area contributed by atoms with Crippen molar-refractivity contribution in [2.24, 2.45) is 0 Å². The summed E-state index contributed by atoms with van der Waals surface area (Å²) in [5, 5.41) is 0. The third-order valence-electron chi connectivity index (χ3n) is 0. The molecule has 0 aliphatic carbocycles. The predicted molar refractivity (Wildman–Crippen MR) is 18.9 cm³/mol. The van der Waals surface area contributed by atoms with Gasteiger partial charge in [-0.2, -0.15) is 0 Å². The van der Waals surface area contributed by atoms with Gasteiger partial charge < -0.3 is 0 Å². The minimum Gasteiger partial charge on any atom is 0 e. The van der Waals surface area contributed by atoms with Gasteiger partial charge in [0.05, 0.1) is 0 Å². The van der Waals surface area contributed by atoms with Crippen LogP contribution >= 0.6 is 0 Å². The van der Waals surface area contributed by atoms with Gasteiger partial charge in [-0.15, -0.1) is 0 Å². The first kappa shape index (κ1) is 10.1. The minimum atomic E-state index is -5.12. The molecular formula is H3AsO4Sb. The van der Waals surface area contributed by atoms with Crippen LogP contribution in [0.1, 0.15) is 0 Å². The molecule has 0 aromatic rings. The monoisotopic (exact) mass is 263 g/mol. The van der Waals surface area contributed by atoms with Gasteiger partial charge in [0.1, 0.15) is 0 Å². The maximum Gasteiger partial charge on any atom is 0 e. The van der Waals surface area contributed by atoms with Crippen molar-refractivity contribution in [1.29, 1.82) is 0 Å². The van der Waals surface area contributed by atoms with Gasteiger partial charge in [-0.25, -0.2) is 0 Å². The zero-order chi connectivity index (χ0) is 4.50. The fourth-order valence-electron chi connectivity index (χ4n) is 0. The minimum absolute atomic E-state index is 0. The van der Waals surface area contributed by atoms with E-state index in [1.807, 2.05) is 0 Å². The molecule has 3 N–H and O–H groups in total. The molecule has 4 nitrogen and oxygen atoms in total. The van der Waals surface area contributed by atoms with Crippen LogP contribution in [0.5, 0.6) is 0 Å². The molecular weight excluding hydrogens is 261 g/mol. The molecule has 0 aromatic carbocycles. The van der Waals surface area contributed by atoms with E-state index in [0.29, 0.717) is 0 Å². The topological polar surface area (TPSA) is 77.8 Å². The zero-order valence-corrected chi connectivity index (χ0v) is 7.07. The van der Waals surface area contributed by atoms with Crippen molar-refractivity contribution in [3.63, 3.8) is 0 Å². The van der Waals surface area contributed by atoms with E-state index < -0.39 is 14.5 Å². The Kier molecular flexibility index (Phi) is 5.25. The van der Waals surface area contributed by atoms with Gasteiger partial charge in [0, 0.05) is 24.4 Å². The fourth-order valence-corrected chi connectivity index (χ4v) is 0. The van der Waals surface area contributed by atoms with Crippen LogP contribution in [0.25, 0.3) is 0 Å². The van der Waals surface area contributed by atoms with Gasteiger partial charge in [-0.1, -0.05) is 0 Å². The molecule has 37 valence electrons. The second-order valence-electron chi connectivity index (χ2n) is 0.513. The van der Waals surface area contributed by atoms with Crippen LogP contribution in [-0.2, 0) is 3.74 Å². The molecule has 3 radical (unpaired) electrons. The molecule has 0 atom stereocenters. The molecule has 6 heavy (non-hydrogen) atoms. The van der Waals surface area contributed by atoms with E-state index >= 15 is 0 Å². The van der Waals surface area contributed by atoms with Crippen molar-refractivity contribution in [3.8, 4) is 0 Å². The largest absolute Gasteiger partial charge is 0 e. The first-order valence-electron chi connectivity index (χ1n) is 0.783. The molecule has 0 spiro atoms. The molecule has 0 rings (SSSR count). The maximum absolute atomic E-state index is 8.94. The molecule has 0 aliphatic heterocycles. The molecule has 0 saturated heterocycles. The van der Waals surface area contributed by atoms with E-state index in [0.717, 1.165) is 0 Å². The summed E-state index contributed by atoms with van der Waals surface area (Å²) in [4.78, 5) is 0. The van der Waals surface area contributed by atoms with Crippen LogP contribution in [0, 0.1) is 0 Å². The van der Waals surface area contributed by atoms with Crippen LogP contribution in [-0.4, -0.2) is 51.2 Å². The first-order chi connectivity index (χ1) is 2.00. The van der Waals surface area contributed by atoms with Crippen LogP contribution in [0.2, 0.25) is 0 Å². The summed E-state index contributed by atoms with van der Waals surface area (Å²) < 4.78 is 30.7.